The van der Waals surface area contributed by atoms with Gasteiger partial charge in [0.1, 0.15) is 11.8 Å². The second-order valence-corrected chi connectivity index (χ2v) is 4.52. The van der Waals surface area contributed by atoms with Crippen LogP contribution in [0.25, 0.3) is 11.2 Å². The summed E-state index contributed by atoms with van der Waals surface area (Å²) in [5.41, 5.74) is 1.61. The van der Waals surface area contributed by atoms with E-state index in [1.165, 1.54) is 38.5 Å². The number of anilines is 1. The predicted octanol–water partition coefficient (Wildman–Crippen LogP) is 3.13. The van der Waals surface area contributed by atoms with Gasteiger partial charge in [0.15, 0.2) is 11.5 Å². The Hall–Kier alpha value is -1.65. The first-order valence-corrected chi connectivity index (χ1v) is 6.79. The Kier molecular flexibility index (Phi) is 4.93. The number of nitrogens with zero attached hydrogens (tertiary/aromatic N) is 3. The molecule has 5 heteroatoms. The second kappa shape index (κ2) is 6.93. The Bertz CT molecular complexity index is 465. The number of hydrogen-bond acceptors (Lipinski definition) is 4. The third-order valence-corrected chi connectivity index (χ3v) is 3.05. The van der Waals surface area contributed by atoms with Gasteiger partial charge < -0.3 is 10.3 Å². The molecule has 18 heavy (non-hydrogen) atoms. The van der Waals surface area contributed by atoms with E-state index in [4.69, 9.17) is 0 Å². The Morgan fingerprint density at radius 3 is 2.78 bits per heavy atom. The van der Waals surface area contributed by atoms with Crippen LogP contribution < -0.4 is 5.32 Å². The molecule has 2 heterocycles. The van der Waals surface area contributed by atoms with E-state index in [0.29, 0.717) is 0 Å². The van der Waals surface area contributed by atoms with Crippen molar-refractivity contribution < 1.29 is 0 Å². The Balaban J connectivity index is 1.72. The lowest BCUT2D eigenvalue weighted by atomic mass is 10.1. The largest absolute Gasteiger partial charge is 0.368 e. The van der Waals surface area contributed by atoms with Gasteiger partial charge >= 0.3 is 0 Å². The van der Waals surface area contributed by atoms with E-state index in [1.54, 1.807) is 12.7 Å². The van der Waals surface area contributed by atoms with E-state index in [1.807, 2.05) is 0 Å². The van der Waals surface area contributed by atoms with Crippen LogP contribution in [0, 0.1) is 0 Å². The SMILES string of the molecule is CCCCCCCCNc1ncnc2nc[nH]c12. The predicted molar refractivity (Wildman–Crippen MR) is 73.5 cm³/mol. The summed E-state index contributed by atoms with van der Waals surface area (Å²) in [7, 11) is 0. The summed E-state index contributed by atoms with van der Waals surface area (Å²) in [6.07, 6.45) is 11.0. The van der Waals surface area contributed by atoms with Crippen molar-refractivity contribution in [1.29, 1.82) is 0 Å². The highest BCUT2D eigenvalue weighted by Gasteiger charge is 2.04. The van der Waals surface area contributed by atoms with Crippen molar-refractivity contribution in [3.05, 3.63) is 12.7 Å². The van der Waals surface area contributed by atoms with Crippen molar-refractivity contribution in [1.82, 2.24) is 19.9 Å². The Labute approximate surface area is 107 Å². The molecular formula is C13H21N5. The molecule has 0 atom stereocenters. The van der Waals surface area contributed by atoms with Crippen molar-refractivity contribution in [3.63, 3.8) is 0 Å². The highest BCUT2D eigenvalue weighted by molar-refractivity contribution is 5.81. The summed E-state index contributed by atoms with van der Waals surface area (Å²) in [6.45, 7) is 3.20. The molecule has 0 spiro atoms. The van der Waals surface area contributed by atoms with Gasteiger partial charge in [0.05, 0.1) is 6.33 Å². The van der Waals surface area contributed by atoms with Crippen LogP contribution in [-0.2, 0) is 0 Å². The maximum Gasteiger partial charge on any atom is 0.182 e. The second-order valence-electron chi connectivity index (χ2n) is 4.52. The van der Waals surface area contributed by atoms with Gasteiger partial charge in [-0.15, -0.1) is 0 Å². The van der Waals surface area contributed by atoms with Crippen LogP contribution in [0.15, 0.2) is 12.7 Å². The summed E-state index contributed by atoms with van der Waals surface area (Å²) in [5.74, 6) is 0.853. The quantitative estimate of drug-likeness (QED) is 0.703. The van der Waals surface area contributed by atoms with Crippen molar-refractivity contribution in [2.24, 2.45) is 0 Å². The van der Waals surface area contributed by atoms with E-state index in [0.717, 1.165) is 23.5 Å². The first-order valence-electron chi connectivity index (χ1n) is 6.79. The molecule has 0 aromatic carbocycles. The number of hydrogen-bond donors (Lipinski definition) is 2. The molecule has 2 N–H and O–H groups in total. The van der Waals surface area contributed by atoms with Crippen LogP contribution in [0.3, 0.4) is 0 Å². The minimum absolute atomic E-state index is 0.718. The first kappa shape index (κ1) is 12.8. The van der Waals surface area contributed by atoms with Crippen molar-refractivity contribution >= 4 is 17.0 Å². The lowest BCUT2D eigenvalue weighted by Gasteiger charge is -2.05. The number of aromatic amines is 1. The van der Waals surface area contributed by atoms with Crippen molar-refractivity contribution in [2.45, 2.75) is 45.4 Å². The highest BCUT2D eigenvalue weighted by atomic mass is 15.1. The van der Waals surface area contributed by atoms with Crippen LogP contribution >= 0.6 is 0 Å². The number of aromatic nitrogens is 4. The molecule has 98 valence electrons. The van der Waals surface area contributed by atoms with Crippen LogP contribution in [0.4, 0.5) is 5.82 Å². The molecule has 0 aliphatic rings. The lowest BCUT2D eigenvalue weighted by Crippen LogP contribution is -2.04. The van der Waals surface area contributed by atoms with Gasteiger partial charge in [-0.1, -0.05) is 39.0 Å². The standard InChI is InChI=1S/C13H21N5/c1-2-3-4-5-6-7-8-14-12-11-13(16-9-15-11)18-10-17-12/h9-10H,2-8H2,1H3,(H2,14,15,16,17,18). The Morgan fingerprint density at radius 2 is 1.89 bits per heavy atom. The number of imidazole rings is 1. The van der Waals surface area contributed by atoms with E-state index in [9.17, 15) is 0 Å². The van der Waals surface area contributed by atoms with E-state index in [-0.39, 0.29) is 0 Å². The van der Waals surface area contributed by atoms with Crippen molar-refractivity contribution in [2.75, 3.05) is 11.9 Å². The number of rotatable bonds is 8. The van der Waals surface area contributed by atoms with Gasteiger partial charge in [0, 0.05) is 6.54 Å². The average molecular weight is 247 g/mol. The summed E-state index contributed by atoms with van der Waals surface area (Å²) in [4.78, 5) is 15.5. The van der Waals surface area contributed by atoms with E-state index >= 15 is 0 Å². The normalized spacial score (nSPS) is 10.9. The molecular weight excluding hydrogens is 226 g/mol. The number of fused-ring (bicyclic) bond motifs is 1. The van der Waals surface area contributed by atoms with Gasteiger partial charge in [0.2, 0.25) is 0 Å². The maximum absolute atomic E-state index is 4.23. The van der Waals surface area contributed by atoms with E-state index < -0.39 is 0 Å². The fourth-order valence-corrected chi connectivity index (χ4v) is 2.01. The summed E-state index contributed by atoms with van der Waals surface area (Å²) >= 11 is 0. The van der Waals surface area contributed by atoms with Crippen LogP contribution in [0.2, 0.25) is 0 Å². The molecule has 0 amide bonds. The average Bonchev–Trinajstić information content (AvgIpc) is 2.86. The maximum atomic E-state index is 4.23. The molecule has 0 saturated carbocycles. The number of H-pyrrole nitrogens is 1. The summed E-state index contributed by atoms with van der Waals surface area (Å²) in [6, 6.07) is 0. The molecule has 2 rings (SSSR count). The van der Waals surface area contributed by atoms with Gasteiger partial charge in [0.25, 0.3) is 0 Å². The molecule has 2 aromatic rings. The summed E-state index contributed by atoms with van der Waals surface area (Å²) < 4.78 is 0. The highest BCUT2D eigenvalue weighted by Crippen LogP contribution is 2.14. The van der Waals surface area contributed by atoms with Gasteiger partial charge in [-0.2, -0.15) is 0 Å². The molecule has 5 nitrogen and oxygen atoms in total. The third kappa shape index (κ3) is 3.42. The molecule has 0 fully saturated rings. The van der Waals surface area contributed by atoms with Crippen LogP contribution in [0.1, 0.15) is 45.4 Å². The lowest BCUT2D eigenvalue weighted by molar-refractivity contribution is 0.617. The Morgan fingerprint density at radius 1 is 1.06 bits per heavy atom. The van der Waals surface area contributed by atoms with Gasteiger partial charge in [-0.05, 0) is 6.42 Å². The zero-order chi connectivity index (χ0) is 12.6. The zero-order valence-corrected chi connectivity index (χ0v) is 10.9. The number of unbranched alkanes of at least 4 members (excludes halogenated alkanes) is 5. The number of nitrogens with one attached hydrogen (secondary N) is 2. The topological polar surface area (TPSA) is 66.5 Å². The molecule has 0 unspecified atom stereocenters. The first-order chi connectivity index (χ1) is 8.92. The van der Waals surface area contributed by atoms with Gasteiger partial charge in [-0.25, -0.2) is 15.0 Å². The minimum atomic E-state index is 0.718. The molecule has 0 radical (unpaired) electrons. The van der Waals surface area contributed by atoms with Crippen LogP contribution in [-0.4, -0.2) is 26.5 Å². The molecule has 0 aliphatic carbocycles. The fraction of sp³-hybridized carbons (Fsp3) is 0.615. The third-order valence-electron chi connectivity index (χ3n) is 3.05. The van der Waals surface area contributed by atoms with Crippen LogP contribution in [0.5, 0.6) is 0 Å². The smallest absolute Gasteiger partial charge is 0.182 e. The molecule has 2 aromatic heterocycles. The fourth-order valence-electron chi connectivity index (χ4n) is 2.01. The molecule has 0 saturated heterocycles. The van der Waals surface area contributed by atoms with E-state index in [2.05, 4.69) is 32.2 Å². The molecule has 0 bridgehead atoms. The zero-order valence-electron chi connectivity index (χ0n) is 10.9. The summed E-state index contributed by atoms with van der Waals surface area (Å²) in [5, 5.41) is 3.34. The van der Waals surface area contributed by atoms with Gasteiger partial charge in [-0.3, -0.25) is 0 Å². The van der Waals surface area contributed by atoms with Crippen molar-refractivity contribution in [3.8, 4) is 0 Å². The molecule has 0 aliphatic heterocycles. The minimum Gasteiger partial charge on any atom is -0.368 e. The monoisotopic (exact) mass is 247 g/mol.